The van der Waals surface area contributed by atoms with Gasteiger partial charge in [0.15, 0.2) is 0 Å². The summed E-state index contributed by atoms with van der Waals surface area (Å²) in [5, 5.41) is 0.870. The van der Waals surface area contributed by atoms with E-state index in [1.54, 1.807) is 0 Å². The van der Waals surface area contributed by atoms with Gasteiger partial charge in [-0.15, -0.1) is 0 Å². The molecule has 3 heteroatoms. The minimum Gasteiger partial charge on any atom is -0.327 e. The second kappa shape index (κ2) is 6.67. The lowest BCUT2D eigenvalue weighted by Gasteiger charge is -2.18. The number of benzene rings is 1. The minimum atomic E-state index is 0.366. The first-order chi connectivity index (χ1) is 8.27. The van der Waals surface area contributed by atoms with Crippen molar-refractivity contribution in [1.29, 1.82) is 0 Å². The molecule has 1 saturated carbocycles. The molecule has 0 aliphatic heterocycles. The molecule has 1 fully saturated rings. The zero-order valence-electron chi connectivity index (χ0n) is 10.1. The number of rotatable bonds is 5. The molecule has 0 amide bonds. The van der Waals surface area contributed by atoms with Crippen LogP contribution in [0.15, 0.2) is 24.3 Å². The van der Waals surface area contributed by atoms with E-state index in [1.165, 1.54) is 31.2 Å². The van der Waals surface area contributed by atoms with Gasteiger partial charge in [-0.2, -0.15) is 11.8 Å². The zero-order valence-corrected chi connectivity index (χ0v) is 11.6. The van der Waals surface area contributed by atoms with Crippen molar-refractivity contribution in [3.8, 4) is 0 Å². The fourth-order valence-electron chi connectivity index (χ4n) is 2.44. The second-order valence-corrected chi connectivity index (χ2v) is 6.25. The van der Waals surface area contributed by atoms with Crippen LogP contribution >= 0.6 is 23.4 Å². The lowest BCUT2D eigenvalue weighted by molar-refractivity contribution is 0.463. The first-order valence-electron chi connectivity index (χ1n) is 6.34. The Hall–Kier alpha value is -0.180. The maximum atomic E-state index is 6.23. The van der Waals surface area contributed by atoms with Gasteiger partial charge in [-0.1, -0.05) is 42.6 Å². The van der Waals surface area contributed by atoms with Crippen LogP contribution in [0, 0.1) is 5.92 Å². The summed E-state index contributed by atoms with van der Waals surface area (Å²) in [5.41, 5.74) is 7.45. The summed E-state index contributed by atoms with van der Waals surface area (Å²) in [5.74, 6) is 2.78. The first kappa shape index (κ1) is 13.3. The van der Waals surface area contributed by atoms with Gasteiger partial charge in [0.05, 0.1) is 0 Å². The van der Waals surface area contributed by atoms with Crippen LogP contribution in [-0.2, 0) is 5.75 Å². The fourth-order valence-corrected chi connectivity index (χ4v) is 3.86. The molecule has 1 aliphatic carbocycles. The predicted octanol–water partition coefficient (Wildman–Crippen LogP) is 4.09. The van der Waals surface area contributed by atoms with Crippen molar-refractivity contribution < 1.29 is 0 Å². The highest BCUT2D eigenvalue weighted by Gasteiger charge is 2.21. The molecule has 2 rings (SSSR count). The van der Waals surface area contributed by atoms with Crippen molar-refractivity contribution in [2.24, 2.45) is 11.7 Å². The van der Waals surface area contributed by atoms with Gasteiger partial charge in [-0.3, -0.25) is 0 Å². The van der Waals surface area contributed by atoms with E-state index in [0.29, 0.717) is 6.04 Å². The van der Waals surface area contributed by atoms with E-state index in [9.17, 15) is 0 Å². The van der Waals surface area contributed by atoms with Crippen molar-refractivity contribution in [2.45, 2.75) is 37.5 Å². The van der Waals surface area contributed by atoms with Crippen LogP contribution in [0.4, 0.5) is 0 Å². The van der Waals surface area contributed by atoms with E-state index in [1.807, 2.05) is 30.0 Å². The summed E-state index contributed by atoms with van der Waals surface area (Å²) in [4.78, 5) is 0. The standard InChI is InChI=1S/C14H20ClNS/c15-13-8-4-3-7-12(13)9-17-10-14(16)11-5-1-2-6-11/h3-4,7-8,11,14H,1-2,5-6,9-10,16H2. The van der Waals surface area contributed by atoms with Crippen LogP contribution in [0.1, 0.15) is 31.2 Å². The maximum Gasteiger partial charge on any atom is 0.0446 e. The van der Waals surface area contributed by atoms with Crippen LogP contribution < -0.4 is 5.73 Å². The molecule has 0 bridgehead atoms. The molecule has 17 heavy (non-hydrogen) atoms. The van der Waals surface area contributed by atoms with Crippen molar-refractivity contribution in [1.82, 2.24) is 0 Å². The molecule has 1 unspecified atom stereocenters. The molecule has 94 valence electrons. The maximum absolute atomic E-state index is 6.23. The Morgan fingerprint density at radius 3 is 2.71 bits per heavy atom. The topological polar surface area (TPSA) is 26.0 Å². The summed E-state index contributed by atoms with van der Waals surface area (Å²) in [7, 11) is 0. The molecular formula is C14H20ClNS. The lowest BCUT2D eigenvalue weighted by Crippen LogP contribution is -2.30. The molecule has 0 aromatic heterocycles. The highest BCUT2D eigenvalue weighted by atomic mass is 35.5. The third-order valence-electron chi connectivity index (χ3n) is 3.53. The highest BCUT2D eigenvalue weighted by Crippen LogP contribution is 2.29. The molecule has 0 radical (unpaired) electrons. The van der Waals surface area contributed by atoms with Gasteiger partial charge in [0, 0.05) is 22.6 Å². The summed E-state index contributed by atoms with van der Waals surface area (Å²) in [6.45, 7) is 0. The normalized spacial score (nSPS) is 18.5. The third kappa shape index (κ3) is 3.90. The largest absolute Gasteiger partial charge is 0.327 e. The average Bonchev–Trinajstić information content (AvgIpc) is 2.85. The minimum absolute atomic E-state index is 0.366. The van der Waals surface area contributed by atoms with Crippen molar-refractivity contribution in [2.75, 3.05) is 5.75 Å². The van der Waals surface area contributed by atoms with Gasteiger partial charge in [-0.25, -0.2) is 0 Å². The van der Waals surface area contributed by atoms with Crippen molar-refractivity contribution >= 4 is 23.4 Å². The van der Waals surface area contributed by atoms with E-state index >= 15 is 0 Å². The number of nitrogens with two attached hydrogens (primary N) is 1. The molecule has 1 nitrogen and oxygen atoms in total. The Morgan fingerprint density at radius 1 is 1.29 bits per heavy atom. The van der Waals surface area contributed by atoms with E-state index < -0.39 is 0 Å². The van der Waals surface area contributed by atoms with Gasteiger partial charge in [-0.05, 0) is 30.4 Å². The van der Waals surface area contributed by atoms with Gasteiger partial charge < -0.3 is 5.73 Å². The number of halogens is 1. The summed E-state index contributed by atoms with van der Waals surface area (Å²) in [6, 6.07) is 8.43. The lowest BCUT2D eigenvalue weighted by atomic mass is 10.0. The SMILES string of the molecule is NC(CSCc1ccccc1Cl)C1CCCC1. The molecule has 0 saturated heterocycles. The first-order valence-corrected chi connectivity index (χ1v) is 7.87. The van der Waals surface area contributed by atoms with E-state index in [-0.39, 0.29) is 0 Å². The Labute approximate surface area is 113 Å². The van der Waals surface area contributed by atoms with E-state index in [0.717, 1.165) is 22.4 Å². The van der Waals surface area contributed by atoms with E-state index in [2.05, 4.69) is 6.07 Å². The number of thioether (sulfide) groups is 1. The smallest absolute Gasteiger partial charge is 0.0446 e. The summed E-state index contributed by atoms with van der Waals surface area (Å²) in [6.07, 6.45) is 5.39. The van der Waals surface area contributed by atoms with Gasteiger partial charge in [0.2, 0.25) is 0 Å². The molecule has 0 heterocycles. The van der Waals surface area contributed by atoms with Crippen molar-refractivity contribution in [3.63, 3.8) is 0 Å². The molecule has 1 aliphatic rings. The van der Waals surface area contributed by atoms with Gasteiger partial charge >= 0.3 is 0 Å². The highest BCUT2D eigenvalue weighted by molar-refractivity contribution is 7.98. The predicted molar refractivity (Wildman–Crippen MR) is 77.5 cm³/mol. The Morgan fingerprint density at radius 2 is 2.00 bits per heavy atom. The average molecular weight is 270 g/mol. The molecule has 1 atom stereocenters. The summed E-state index contributed by atoms with van der Waals surface area (Å²) >= 11 is 8.03. The van der Waals surface area contributed by atoms with Crippen LogP contribution in [0.25, 0.3) is 0 Å². The fraction of sp³-hybridized carbons (Fsp3) is 0.571. The number of hydrogen-bond donors (Lipinski definition) is 1. The Balaban J connectivity index is 1.74. The quantitative estimate of drug-likeness (QED) is 0.871. The van der Waals surface area contributed by atoms with Crippen molar-refractivity contribution in [3.05, 3.63) is 34.9 Å². The molecular weight excluding hydrogens is 250 g/mol. The van der Waals surface area contributed by atoms with E-state index in [4.69, 9.17) is 17.3 Å². The van der Waals surface area contributed by atoms with Gasteiger partial charge in [0.25, 0.3) is 0 Å². The third-order valence-corrected chi connectivity index (χ3v) is 5.04. The molecule has 1 aromatic carbocycles. The number of hydrogen-bond acceptors (Lipinski definition) is 2. The van der Waals surface area contributed by atoms with Gasteiger partial charge in [0.1, 0.15) is 0 Å². The summed E-state index contributed by atoms with van der Waals surface area (Å²) < 4.78 is 0. The monoisotopic (exact) mass is 269 g/mol. The second-order valence-electron chi connectivity index (χ2n) is 4.81. The molecule has 2 N–H and O–H groups in total. The Kier molecular flexibility index (Phi) is 5.20. The van der Waals surface area contributed by atoms with Crippen LogP contribution in [-0.4, -0.2) is 11.8 Å². The van der Waals surface area contributed by atoms with Crippen LogP contribution in [0.2, 0.25) is 5.02 Å². The molecule has 0 spiro atoms. The Bertz CT molecular complexity index is 350. The zero-order chi connectivity index (χ0) is 12.1. The molecule has 1 aromatic rings. The van der Waals surface area contributed by atoms with Crippen LogP contribution in [0.5, 0.6) is 0 Å². The van der Waals surface area contributed by atoms with Crippen LogP contribution in [0.3, 0.4) is 0 Å².